The maximum Gasteiger partial charge on any atom is 0.331 e. The van der Waals surface area contributed by atoms with Gasteiger partial charge in [-0.2, -0.15) is 0 Å². The zero-order chi connectivity index (χ0) is 9.84. The van der Waals surface area contributed by atoms with Gasteiger partial charge in [0.25, 0.3) is 0 Å². The molecule has 3 heteroatoms. The van der Waals surface area contributed by atoms with Crippen LogP contribution in [0, 0.1) is 5.82 Å². The van der Waals surface area contributed by atoms with E-state index < -0.39 is 5.97 Å². The highest BCUT2D eigenvalue weighted by Gasteiger charge is 2.05. The van der Waals surface area contributed by atoms with E-state index in [9.17, 15) is 9.18 Å². The Morgan fingerprint density at radius 2 is 2.23 bits per heavy atom. The smallest absolute Gasteiger partial charge is 0.331 e. The van der Waals surface area contributed by atoms with Crippen LogP contribution in [0.25, 0.3) is 0 Å². The summed E-state index contributed by atoms with van der Waals surface area (Å²) in [6, 6.07) is 5.82. The van der Waals surface area contributed by atoms with Crippen LogP contribution in [0.15, 0.2) is 36.4 Å². The van der Waals surface area contributed by atoms with Crippen LogP contribution in [0.2, 0.25) is 0 Å². The van der Waals surface area contributed by atoms with E-state index in [1.807, 2.05) is 0 Å². The summed E-state index contributed by atoms with van der Waals surface area (Å²) in [5.74, 6) is -1.42. The summed E-state index contributed by atoms with van der Waals surface area (Å²) in [4.78, 5) is 10.4. The van der Waals surface area contributed by atoms with Gasteiger partial charge in [0, 0.05) is 12.0 Å². The van der Waals surface area contributed by atoms with Crippen LogP contribution in [0.4, 0.5) is 4.39 Å². The van der Waals surface area contributed by atoms with Gasteiger partial charge in [-0.3, -0.25) is 0 Å². The number of halogens is 1. The quantitative estimate of drug-likeness (QED) is 0.722. The average molecular weight is 180 g/mol. The van der Waals surface area contributed by atoms with Crippen molar-refractivity contribution in [1.82, 2.24) is 0 Å². The van der Waals surface area contributed by atoms with Crippen molar-refractivity contribution in [3.8, 4) is 0 Å². The standard InChI is InChI=1S/C10H9FO2/c1-7(10(12)13)5-8-3-2-4-9(11)6-8/h2-4,6H,1,5H2,(H,12,13). The first kappa shape index (κ1) is 9.45. The number of carboxylic acids is 1. The van der Waals surface area contributed by atoms with Crippen LogP contribution in [0.1, 0.15) is 5.56 Å². The highest BCUT2D eigenvalue weighted by molar-refractivity contribution is 5.86. The Morgan fingerprint density at radius 1 is 1.54 bits per heavy atom. The van der Waals surface area contributed by atoms with E-state index in [0.29, 0.717) is 5.56 Å². The van der Waals surface area contributed by atoms with Gasteiger partial charge in [-0.25, -0.2) is 9.18 Å². The predicted molar refractivity (Wildman–Crippen MR) is 46.9 cm³/mol. The summed E-state index contributed by atoms with van der Waals surface area (Å²) in [6.45, 7) is 3.36. The minimum Gasteiger partial charge on any atom is -0.478 e. The van der Waals surface area contributed by atoms with Crippen molar-refractivity contribution in [3.05, 3.63) is 47.8 Å². The predicted octanol–water partition coefficient (Wildman–Crippen LogP) is 2.01. The monoisotopic (exact) mass is 180 g/mol. The molecule has 13 heavy (non-hydrogen) atoms. The Hall–Kier alpha value is -1.64. The number of aliphatic carboxylic acids is 1. The Bertz CT molecular complexity index is 345. The summed E-state index contributed by atoms with van der Waals surface area (Å²) in [6.07, 6.45) is 0.174. The summed E-state index contributed by atoms with van der Waals surface area (Å²) in [5, 5.41) is 8.52. The lowest BCUT2D eigenvalue weighted by molar-refractivity contribution is -0.132. The fraction of sp³-hybridized carbons (Fsp3) is 0.100. The summed E-state index contributed by atoms with van der Waals surface area (Å²) < 4.78 is 12.6. The van der Waals surface area contributed by atoms with Crippen LogP contribution in [0.3, 0.4) is 0 Å². The summed E-state index contributed by atoms with van der Waals surface area (Å²) in [7, 11) is 0. The highest BCUT2D eigenvalue weighted by Crippen LogP contribution is 2.08. The zero-order valence-electron chi connectivity index (χ0n) is 6.96. The van der Waals surface area contributed by atoms with Gasteiger partial charge in [0.1, 0.15) is 5.82 Å². The molecule has 0 radical (unpaired) electrons. The zero-order valence-corrected chi connectivity index (χ0v) is 6.96. The average Bonchev–Trinajstić information content (AvgIpc) is 2.04. The van der Waals surface area contributed by atoms with Gasteiger partial charge in [-0.1, -0.05) is 18.7 Å². The first-order valence-electron chi connectivity index (χ1n) is 3.75. The van der Waals surface area contributed by atoms with Crippen LogP contribution in [-0.2, 0) is 11.2 Å². The molecule has 0 aliphatic heterocycles. The Balaban J connectivity index is 2.75. The van der Waals surface area contributed by atoms with Crippen molar-refractivity contribution in [1.29, 1.82) is 0 Å². The molecule has 0 atom stereocenters. The molecule has 2 nitrogen and oxygen atoms in total. The maximum atomic E-state index is 12.6. The molecule has 0 heterocycles. The van der Waals surface area contributed by atoms with Gasteiger partial charge in [0.15, 0.2) is 0 Å². The van der Waals surface area contributed by atoms with E-state index in [1.165, 1.54) is 12.1 Å². The van der Waals surface area contributed by atoms with Gasteiger partial charge < -0.3 is 5.11 Å². The molecule has 0 spiro atoms. The third kappa shape index (κ3) is 2.71. The number of carbonyl (C=O) groups is 1. The molecule has 1 N–H and O–H groups in total. The maximum absolute atomic E-state index is 12.6. The lowest BCUT2D eigenvalue weighted by Crippen LogP contribution is -2.02. The minimum atomic E-state index is -1.05. The molecule has 0 saturated carbocycles. The minimum absolute atomic E-state index is 0.0607. The van der Waals surface area contributed by atoms with E-state index in [4.69, 9.17) is 5.11 Å². The molecule has 1 aromatic rings. The molecule has 68 valence electrons. The van der Waals surface area contributed by atoms with Crippen molar-refractivity contribution >= 4 is 5.97 Å². The molecule has 0 amide bonds. The summed E-state index contributed by atoms with van der Waals surface area (Å²) >= 11 is 0. The Morgan fingerprint density at radius 3 is 2.77 bits per heavy atom. The number of benzene rings is 1. The van der Waals surface area contributed by atoms with Crippen molar-refractivity contribution in [2.24, 2.45) is 0 Å². The first-order valence-corrected chi connectivity index (χ1v) is 3.75. The molecule has 0 fully saturated rings. The third-order valence-electron chi connectivity index (χ3n) is 1.61. The molecule has 0 unspecified atom stereocenters. The molecule has 0 aromatic heterocycles. The number of rotatable bonds is 3. The van der Waals surface area contributed by atoms with E-state index in [2.05, 4.69) is 6.58 Å². The molecular formula is C10H9FO2. The molecular weight excluding hydrogens is 171 g/mol. The Labute approximate surface area is 75.3 Å². The van der Waals surface area contributed by atoms with Crippen molar-refractivity contribution in [2.75, 3.05) is 0 Å². The van der Waals surface area contributed by atoms with E-state index >= 15 is 0 Å². The van der Waals surface area contributed by atoms with Crippen LogP contribution in [0.5, 0.6) is 0 Å². The second kappa shape index (κ2) is 3.85. The van der Waals surface area contributed by atoms with Gasteiger partial charge in [0.2, 0.25) is 0 Å². The molecule has 0 aliphatic rings. The van der Waals surface area contributed by atoms with E-state index in [0.717, 1.165) is 0 Å². The van der Waals surface area contributed by atoms with Gasteiger partial charge in [-0.05, 0) is 17.7 Å². The topological polar surface area (TPSA) is 37.3 Å². The van der Waals surface area contributed by atoms with Gasteiger partial charge in [-0.15, -0.1) is 0 Å². The molecule has 1 aromatic carbocycles. The Kier molecular flexibility index (Phi) is 2.80. The first-order chi connectivity index (χ1) is 6.09. The van der Waals surface area contributed by atoms with Crippen molar-refractivity contribution in [3.63, 3.8) is 0 Å². The van der Waals surface area contributed by atoms with Crippen molar-refractivity contribution in [2.45, 2.75) is 6.42 Å². The van der Waals surface area contributed by atoms with E-state index in [-0.39, 0.29) is 17.8 Å². The molecule has 0 aliphatic carbocycles. The van der Waals surface area contributed by atoms with Crippen LogP contribution in [-0.4, -0.2) is 11.1 Å². The van der Waals surface area contributed by atoms with E-state index in [1.54, 1.807) is 12.1 Å². The molecule has 1 rings (SSSR count). The van der Waals surface area contributed by atoms with Gasteiger partial charge >= 0.3 is 5.97 Å². The highest BCUT2D eigenvalue weighted by atomic mass is 19.1. The number of hydrogen-bond donors (Lipinski definition) is 1. The molecule has 0 saturated heterocycles. The van der Waals surface area contributed by atoms with Gasteiger partial charge in [0.05, 0.1) is 0 Å². The second-order valence-electron chi connectivity index (χ2n) is 2.72. The second-order valence-corrected chi connectivity index (χ2v) is 2.72. The largest absolute Gasteiger partial charge is 0.478 e. The third-order valence-corrected chi connectivity index (χ3v) is 1.61. The SMILES string of the molecule is C=C(Cc1cccc(F)c1)C(=O)O. The van der Waals surface area contributed by atoms with Crippen LogP contribution < -0.4 is 0 Å². The number of hydrogen-bond acceptors (Lipinski definition) is 1. The molecule has 0 bridgehead atoms. The van der Waals surface area contributed by atoms with Crippen molar-refractivity contribution < 1.29 is 14.3 Å². The number of carboxylic acid groups (broad SMARTS) is 1. The fourth-order valence-electron chi connectivity index (χ4n) is 0.969. The normalized spacial score (nSPS) is 9.62. The summed E-state index contributed by atoms with van der Waals surface area (Å²) in [5.41, 5.74) is 0.679. The van der Waals surface area contributed by atoms with Crippen LogP contribution >= 0.6 is 0 Å². The lowest BCUT2D eigenvalue weighted by Gasteiger charge is -2.00. The fourth-order valence-corrected chi connectivity index (χ4v) is 0.969. The lowest BCUT2D eigenvalue weighted by atomic mass is 10.1.